The van der Waals surface area contributed by atoms with Crippen LogP contribution in [0.15, 0.2) is 24.3 Å². The second-order valence-electron chi connectivity index (χ2n) is 6.43. The van der Waals surface area contributed by atoms with E-state index < -0.39 is 11.7 Å². The lowest BCUT2D eigenvalue weighted by Gasteiger charge is -2.39. The van der Waals surface area contributed by atoms with Gasteiger partial charge in [-0.25, -0.2) is 0 Å². The van der Waals surface area contributed by atoms with Gasteiger partial charge in [0.1, 0.15) is 0 Å². The maximum absolute atomic E-state index is 12.8. The predicted molar refractivity (Wildman–Crippen MR) is 78.9 cm³/mol. The van der Waals surface area contributed by atoms with Crippen molar-refractivity contribution < 1.29 is 13.2 Å². The quantitative estimate of drug-likeness (QED) is 0.849. The number of alkyl halides is 3. The fourth-order valence-electron chi connectivity index (χ4n) is 3.44. The molecule has 1 aliphatic carbocycles. The molecule has 21 heavy (non-hydrogen) atoms. The van der Waals surface area contributed by atoms with Crippen LogP contribution in [0, 0.1) is 11.3 Å². The van der Waals surface area contributed by atoms with Crippen LogP contribution in [0.3, 0.4) is 0 Å². The summed E-state index contributed by atoms with van der Waals surface area (Å²) in [6, 6.07) is 5.70. The molecule has 0 radical (unpaired) electrons. The number of halogens is 3. The Kier molecular flexibility index (Phi) is 4.97. The van der Waals surface area contributed by atoms with Gasteiger partial charge in [0.05, 0.1) is 5.56 Å². The Bertz CT molecular complexity index is 459. The van der Waals surface area contributed by atoms with E-state index in [9.17, 15) is 13.2 Å². The Balaban J connectivity index is 2.12. The van der Waals surface area contributed by atoms with E-state index in [0.29, 0.717) is 13.0 Å². The first-order chi connectivity index (χ1) is 9.88. The first kappa shape index (κ1) is 16.3. The van der Waals surface area contributed by atoms with Crippen molar-refractivity contribution in [1.29, 1.82) is 0 Å². The summed E-state index contributed by atoms with van der Waals surface area (Å²) < 4.78 is 38.4. The summed E-state index contributed by atoms with van der Waals surface area (Å²) in [5.41, 5.74) is 6.15. The summed E-state index contributed by atoms with van der Waals surface area (Å²) in [6.07, 6.45) is 1.91. The van der Waals surface area contributed by atoms with Crippen molar-refractivity contribution >= 4 is 0 Å². The van der Waals surface area contributed by atoms with Crippen LogP contribution in [0.25, 0.3) is 0 Å². The maximum Gasteiger partial charge on any atom is 0.416 e. The van der Waals surface area contributed by atoms with Crippen LogP contribution in [0.1, 0.15) is 50.2 Å². The SMILES string of the molecule is CCC1CCC(CN)(Cc2cccc(C(F)(F)F)c2)CC1. The van der Waals surface area contributed by atoms with Gasteiger partial charge in [0.25, 0.3) is 0 Å². The molecule has 0 saturated heterocycles. The lowest BCUT2D eigenvalue weighted by atomic mass is 9.67. The van der Waals surface area contributed by atoms with Crippen molar-refractivity contribution in [2.75, 3.05) is 6.54 Å². The molecule has 2 N–H and O–H groups in total. The van der Waals surface area contributed by atoms with Crippen LogP contribution in [-0.2, 0) is 12.6 Å². The second kappa shape index (κ2) is 6.39. The van der Waals surface area contributed by atoms with Gasteiger partial charge in [-0.15, -0.1) is 0 Å². The van der Waals surface area contributed by atoms with Gasteiger partial charge in [-0.1, -0.05) is 31.5 Å². The average Bonchev–Trinajstić information content (AvgIpc) is 2.47. The fraction of sp³-hybridized carbons (Fsp3) is 0.647. The third kappa shape index (κ3) is 4.00. The van der Waals surface area contributed by atoms with E-state index in [2.05, 4.69) is 6.92 Å². The van der Waals surface area contributed by atoms with Crippen LogP contribution >= 0.6 is 0 Å². The minimum Gasteiger partial charge on any atom is -0.330 e. The highest BCUT2D eigenvalue weighted by Crippen LogP contribution is 2.42. The zero-order valence-corrected chi connectivity index (χ0v) is 12.5. The Labute approximate surface area is 124 Å². The molecule has 1 saturated carbocycles. The van der Waals surface area contributed by atoms with Gasteiger partial charge in [-0.2, -0.15) is 13.2 Å². The third-order valence-corrected chi connectivity index (χ3v) is 5.01. The molecular formula is C17H24F3N. The number of benzene rings is 1. The van der Waals surface area contributed by atoms with E-state index in [1.807, 2.05) is 0 Å². The van der Waals surface area contributed by atoms with Gasteiger partial charge in [0.2, 0.25) is 0 Å². The number of hydrogen-bond acceptors (Lipinski definition) is 1. The van der Waals surface area contributed by atoms with E-state index in [0.717, 1.165) is 43.2 Å². The van der Waals surface area contributed by atoms with Crippen molar-refractivity contribution in [1.82, 2.24) is 0 Å². The first-order valence-corrected chi connectivity index (χ1v) is 7.75. The van der Waals surface area contributed by atoms with E-state index in [4.69, 9.17) is 5.73 Å². The first-order valence-electron chi connectivity index (χ1n) is 7.75. The van der Waals surface area contributed by atoms with Gasteiger partial charge in [0.15, 0.2) is 0 Å². The molecule has 0 amide bonds. The molecule has 0 aliphatic heterocycles. The molecule has 0 atom stereocenters. The molecule has 0 bridgehead atoms. The Morgan fingerprint density at radius 1 is 1.24 bits per heavy atom. The van der Waals surface area contributed by atoms with E-state index in [-0.39, 0.29) is 5.41 Å². The molecule has 1 fully saturated rings. The van der Waals surface area contributed by atoms with Crippen LogP contribution in [0.5, 0.6) is 0 Å². The molecule has 1 nitrogen and oxygen atoms in total. The molecule has 118 valence electrons. The van der Waals surface area contributed by atoms with Crippen molar-refractivity contribution in [3.63, 3.8) is 0 Å². The second-order valence-corrected chi connectivity index (χ2v) is 6.43. The lowest BCUT2D eigenvalue weighted by Crippen LogP contribution is -2.36. The Morgan fingerprint density at radius 3 is 2.43 bits per heavy atom. The maximum atomic E-state index is 12.8. The summed E-state index contributed by atoms with van der Waals surface area (Å²) in [5, 5.41) is 0. The molecule has 0 unspecified atom stereocenters. The number of nitrogens with two attached hydrogens (primary N) is 1. The molecule has 0 heterocycles. The minimum atomic E-state index is -4.27. The molecular weight excluding hydrogens is 275 g/mol. The van der Waals surface area contributed by atoms with Crippen molar-refractivity contribution in [2.24, 2.45) is 17.1 Å². The van der Waals surface area contributed by atoms with Gasteiger partial charge >= 0.3 is 6.18 Å². The Hall–Kier alpha value is -1.03. The number of rotatable bonds is 4. The molecule has 4 heteroatoms. The largest absolute Gasteiger partial charge is 0.416 e. The summed E-state index contributed by atoms with van der Waals surface area (Å²) >= 11 is 0. The lowest BCUT2D eigenvalue weighted by molar-refractivity contribution is -0.137. The number of hydrogen-bond donors (Lipinski definition) is 1. The summed E-state index contributed by atoms with van der Waals surface area (Å²) in [5.74, 6) is 0.756. The predicted octanol–water partition coefficient (Wildman–Crippen LogP) is 4.79. The van der Waals surface area contributed by atoms with Gasteiger partial charge in [0, 0.05) is 0 Å². The van der Waals surface area contributed by atoms with Crippen LogP contribution in [0.2, 0.25) is 0 Å². The highest BCUT2D eigenvalue weighted by molar-refractivity contribution is 5.26. The van der Waals surface area contributed by atoms with Crippen LogP contribution in [-0.4, -0.2) is 6.54 Å². The zero-order valence-electron chi connectivity index (χ0n) is 12.5. The molecule has 2 rings (SSSR count). The van der Waals surface area contributed by atoms with Gasteiger partial charge in [-0.05, 0) is 61.6 Å². The third-order valence-electron chi connectivity index (χ3n) is 5.01. The molecule has 1 aromatic rings. The normalized spacial score (nSPS) is 26.8. The summed E-state index contributed by atoms with van der Waals surface area (Å²) in [7, 11) is 0. The summed E-state index contributed by atoms with van der Waals surface area (Å²) in [4.78, 5) is 0. The van der Waals surface area contributed by atoms with E-state index in [1.54, 1.807) is 6.07 Å². The van der Waals surface area contributed by atoms with E-state index in [1.165, 1.54) is 18.6 Å². The monoisotopic (exact) mass is 299 g/mol. The van der Waals surface area contributed by atoms with Gasteiger partial charge < -0.3 is 5.73 Å². The van der Waals surface area contributed by atoms with Crippen LogP contribution in [0.4, 0.5) is 13.2 Å². The highest BCUT2D eigenvalue weighted by Gasteiger charge is 2.35. The summed E-state index contributed by atoms with van der Waals surface area (Å²) in [6.45, 7) is 2.76. The van der Waals surface area contributed by atoms with Crippen LogP contribution < -0.4 is 5.73 Å². The fourth-order valence-corrected chi connectivity index (χ4v) is 3.44. The molecule has 0 aromatic heterocycles. The Morgan fingerprint density at radius 2 is 1.90 bits per heavy atom. The van der Waals surface area contributed by atoms with Crippen molar-refractivity contribution in [3.05, 3.63) is 35.4 Å². The topological polar surface area (TPSA) is 26.0 Å². The average molecular weight is 299 g/mol. The minimum absolute atomic E-state index is 0.0180. The molecule has 1 aromatic carbocycles. The van der Waals surface area contributed by atoms with Crippen molar-refractivity contribution in [2.45, 2.75) is 51.6 Å². The smallest absolute Gasteiger partial charge is 0.330 e. The molecule has 1 aliphatic rings. The highest BCUT2D eigenvalue weighted by atomic mass is 19.4. The zero-order chi connectivity index (χ0) is 15.5. The standard InChI is InChI=1S/C17H24F3N/c1-2-13-6-8-16(12-21,9-7-13)11-14-4-3-5-15(10-14)17(18,19)20/h3-5,10,13H,2,6-9,11-12,21H2,1H3. The molecule has 0 spiro atoms. The van der Waals surface area contributed by atoms with Crippen molar-refractivity contribution in [3.8, 4) is 0 Å². The van der Waals surface area contributed by atoms with Gasteiger partial charge in [-0.3, -0.25) is 0 Å². The van der Waals surface area contributed by atoms with E-state index >= 15 is 0 Å².